The van der Waals surface area contributed by atoms with E-state index in [1.54, 1.807) is 0 Å². The monoisotopic (exact) mass is 508 g/mol. The molecule has 0 saturated carbocycles. The molecule has 0 bridgehead atoms. The molecule has 0 aliphatic carbocycles. The van der Waals surface area contributed by atoms with Gasteiger partial charge in [0.15, 0.2) is 15.7 Å². The van der Waals surface area contributed by atoms with Gasteiger partial charge in [0.25, 0.3) is 5.56 Å². The van der Waals surface area contributed by atoms with Gasteiger partial charge in [-0.3, -0.25) is 4.79 Å². The number of rotatable bonds is 5. The molecule has 35 heavy (non-hydrogen) atoms. The van der Waals surface area contributed by atoms with Crippen molar-refractivity contribution in [3.05, 3.63) is 64.3 Å². The van der Waals surface area contributed by atoms with E-state index >= 15 is 0 Å². The molecule has 0 atom stereocenters. The normalized spacial score (nSPS) is 12.4. The number of benzene rings is 1. The number of nitrogens with zero attached hydrogens (tertiary/aromatic N) is 4. The minimum atomic E-state index is -4.79. The zero-order valence-corrected chi connectivity index (χ0v) is 19.7. The lowest BCUT2D eigenvalue weighted by atomic mass is 10.1. The Kier molecular flexibility index (Phi) is 6.04. The van der Waals surface area contributed by atoms with Crippen LogP contribution in [0.4, 0.5) is 17.6 Å². The summed E-state index contributed by atoms with van der Waals surface area (Å²) in [6.07, 6.45) is -4.79. The number of sulfone groups is 1. The Labute approximate surface area is 197 Å². The van der Waals surface area contributed by atoms with Crippen LogP contribution >= 0.6 is 0 Å². The van der Waals surface area contributed by atoms with Crippen LogP contribution in [0.25, 0.3) is 33.8 Å². The fourth-order valence-electron chi connectivity index (χ4n) is 3.87. The minimum Gasteiger partial charge on any atom is -0.321 e. The average Bonchev–Trinajstić information content (AvgIpc) is 3.15. The van der Waals surface area contributed by atoms with Crippen molar-refractivity contribution in [3.8, 4) is 22.8 Å². The highest BCUT2D eigenvalue weighted by atomic mass is 32.2. The van der Waals surface area contributed by atoms with Gasteiger partial charge >= 0.3 is 6.18 Å². The van der Waals surface area contributed by atoms with Gasteiger partial charge in [-0.15, -0.1) is 0 Å². The van der Waals surface area contributed by atoms with Gasteiger partial charge in [-0.2, -0.15) is 13.2 Å². The molecular formula is C23H20F4N4O3S. The van der Waals surface area contributed by atoms with Crippen LogP contribution in [0.1, 0.15) is 19.5 Å². The standard InChI is InChI=1S/C23H20F4N4O3S/c1-4-31-18(23(25,26)27)12-16-20(22(31)32)30(3)21(29-16)19-17(35(33,34)5-2)11-10-15(28-19)13-6-8-14(24)9-7-13/h6-12H,4-5H2,1-3H3. The summed E-state index contributed by atoms with van der Waals surface area (Å²) < 4.78 is 81.7. The Balaban J connectivity index is 2.07. The second-order valence-electron chi connectivity index (χ2n) is 7.76. The topological polar surface area (TPSA) is 86.8 Å². The first-order chi connectivity index (χ1) is 16.4. The number of aryl methyl sites for hydroxylation is 1. The van der Waals surface area contributed by atoms with Crippen molar-refractivity contribution in [2.45, 2.75) is 31.5 Å². The number of fused-ring (bicyclic) bond motifs is 1. The summed E-state index contributed by atoms with van der Waals surface area (Å²) in [5.41, 5.74) is -1.77. The summed E-state index contributed by atoms with van der Waals surface area (Å²) in [6, 6.07) is 8.89. The Morgan fingerprint density at radius 1 is 1.00 bits per heavy atom. The van der Waals surface area contributed by atoms with Crippen molar-refractivity contribution in [1.29, 1.82) is 0 Å². The molecule has 0 unspecified atom stereocenters. The SMILES string of the molecule is CCn1c(C(F)(F)F)cc2nc(-c3nc(-c4ccc(F)cc4)ccc3S(=O)(=O)CC)n(C)c2c1=O. The second kappa shape index (κ2) is 8.59. The second-order valence-corrected chi connectivity index (χ2v) is 10.0. The van der Waals surface area contributed by atoms with E-state index in [0.717, 1.165) is 6.07 Å². The quantitative estimate of drug-likeness (QED) is 0.372. The van der Waals surface area contributed by atoms with Gasteiger partial charge in [-0.1, -0.05) is 6.92 Å². The predicted octanol–water partition coefficient (Wildman–Crippen LogP) is 4.44. The highest BCUT2D eigenvalue weighted by Gasteiger charge is 2.36. The zero-order valence-electron chi connectivity index (χ0n) is 18.9. The van der Waals surface area contributed by atoms with Gasteiger partial charge in [0.2, 0.25) is 0 Å². The highest BCUT2D eigenvalue weighted by Crippen LogP contribution is 2.33. The van der Waals surface area contributed by atoms with E-state index in [9.17, 15) is 30.8 Å². The first kappa shape index (κ1) is 24.6. The van der Waals surface area contributed by atoms with Crippen molar-refractivity contribution in [2.75, 3.05) is 5.75 Å². The zero-order chi connectivity index (χ0) is 25.7. The summed E-state index contributed by atoms with van der Waals surface area (Å²) in [4.78, 5) is 21.4. The highest BCUT2D eigenvalue weighted by molar-refractivity contribution is 7.91. The van der Waals surface area contributed by atoms with E-state index in [4.69, 9.17) is 0 Å². The van der Waals surface area contributed by atoms with Crippen molar-refractivity contribution >= 4 is 20.9 Å². The lowest BCUT2D eigenvalue weighted by molar-refractivity contribution is -0.144. The molecule has 7 nitrogen and oxygen atoms in total. The number of alkyl halides is 3. The van der Waals surface area contributed by atoms with Crippen LogP contribution in [0.2, 0.25) is 0 Å². The number of pyridine rings is 2. The molecule has 1 aromatic carbocycles. The molecule has 0 amide bonds. The van der Waals surface area contributed by atoms with Crippen molar-refractivity contribution in [2.24, 2.45) is 7.05 Å². The number of imidazole rings is 1. The summed E-state index contributed by atoms with van der Waals surface area (Å²) in [7, 11) is -2.42. The first-order valence-corrected chi connectivity index (χ1v) is 12.2. The Morgan fingerprint density at radius 3 is 2.23 bits per heavy atom. The third-order valence-electron chi connectivity index (χ3n) is 5.67. The fourth-order valence-corrected chi connectivity index (χ4v) is 4.89. The van der Waals surface area contributed by atoms with E-state index in [1.807, 2.05) is 0 Å². The van der Waals surface area contributed by atoms with E-state index in [2.05, 4.69) is 9.97 Å². The molecule has 4 aromatic rings. The molecule has 0 N–H and O–H groups in total. The van der Waals surface area contributed by atoms with Gasteiger partial charge in [0.05, 0.1) is 21.9 Å². The lowest BCUT2D eigenvalue weighted by Crippen LogP contribution is -2.28. The maximum Gasteiger partial charge on any atom is 0.431 e. The Hall–Kier alpha value is -3.54. The molecule has 0 fully saturated rings. The van der Waals surface area contributed by atoms with E-state index < -0.39 is 33.1 Å². The van der Waals surface area contributed by atoms with Crippen LogP contribution in [0.3, 0.4) is 0 Å². The molecule has 184 valence electrons. The van der Waals surface area contributed by atoms with Crippen molar-refractivity contribution in [1.82, 2.24) is 19.1 Å². The van der Waals surface area contributed by atoms with E-state index in [1.165, 1.54) is 61.9 Å². The number of hydrogen-bond donors (Lipinski definition) is 0. The number of aromatic nitrogens is 4. The Morgan fingerprint density at radius 2 is 1.66 bits per heavy atom. The number of hydrogen-bond acceptors (Lipinski definition) is 5. The largest absolute Gasteiger partial charge is 0.431 e. The Bertz CT molecular complexity index is 1610. The maximum atomic E-state index is 13.6. The van der Waals surface area contributed by atoms with E-state index in [0.29, 0.717) is 15.8 Å². The van der Waals surface area contributed by atoms with Gasteiger partial charge in [-0.05, 0) is 49.4 Å². The minimum absolute atomic E-state index is 0.0879. The summed E-state index contributed by atoms with van der Waals surface area (Å²) in [5, 5.41) is 0. The molecule has 0 aliphatic heterocycles. The summed E-state index contributed by atoms with van der Waals surface area (Å²) in [6.45, 7) is 2.63. The lowest BCUT2D eigenvalue weighted by Gasteiger charge is -2.14. The summed E-state index contributed by atoms with van der Waals surface area (Å²) in [5.74, 6) is -0.820. The van der Waals surface area contributed by atoms with E-state index in [-0.39, 0.29) is 39.7 Å². The van der Waals surface area contributed by atoms with Crippen LogP contribution in [0.5, 0.6) is 0 Å². The van der Waals surface area contributed by atoms with Crippen LogP contribution < -0.4 is 5.56 Å². The van der Waals surface area contributed by atoms with Crippen molar-refractivity contribution < 1.29 is 26.0 Å². The van der Waals surface area contributed by atoms with Crippen LogP contribution in [0, 0.1) is 5.82 Å². The van der Waals surface area contributed by atoms with Crippen molar-refractivity contribution in [3.63, 3.8) is 0 Å². The number of halogens is 4. The maximum absolute atomic E-state index is 13.6. The fraction of sp³-hybridized carbons (Fsp3) is 0.261. The smallest absolute Gasteiger partial charge is 0.321 e. The molecule has 0 radical (unpaired) electrons. The first-order valence-electron chi connectivity index (χ1n) is 10.6. The predicted molar refractivity (Wildman–Crippen MR) is 122 cm³/mol. The van der Waals surface area contributed by atoms with Crippen LogP contribution in [0.15, 0.2) is 52.2 Å². The molecular weight excluding hydrogens is 488 g/mol. The van der Waals surface area contributed by atoms with Gasteiger partial charge in [0, 0.05) is 19.2 Å². The molecule has 3 aromatic heterocycles. The van der Waals surface area contributed by atoms with Gasteiger partial charge in [0.1, 0.15) is 22.7 Å². The molecule has 0 aliphatic rings. The van der Waals surface area contributed by atoms with Crippen LogP contribution in [-0.4, -0.2) is 33.3 Å². The average molecular weight is 508 g/mol. The van der Waals surface area contributed by atoms with Gasteiger partial charge in [-0.25, -0.2) is 22.8 Å². The third-order valence-corrected chi connectivity index (χ3v) is 7.43. The molecule has 12 heteroatoms. The summed E-state index contributed by atoms with van der Waals surface area (Å²) >= 11 is 0. The van der Waals surface area contributed by atoms with Crippen LogP contribution in [-0.2, 0) is 29.6 Å². The molecule has 4 rings (SSSR count). The molecule has 0 saturated heterocycles. The molecule has 3 heterocycles. The molecule has 0 spiro atoms. The third kappa shape index (κ3) is 4.22. The van der Waals surface area contributed by atoms with Gasteiger partial charge < -0.3 is 9.13 Å².